The quantitative estimate of drug-likeness (QED) is 0.893. The van der Waals surface area contributed by atoms with Crippen molar-refractivity contribution >= 4 is 11.8 Å². The molecule has 1 saturated heterocycles. The summed E-state index contributed by atoms with van der Waals surface area (Å²) in [5.74, 6) is -1.65. The zero-order valence-electron chi connectivity index (χ0n) is 14.7. The van der Waals surface area contributed by atoms with Gasteiger partial charge in [0.05, 0.1) is 17.7 Å². The Bertz CT molecular complexity index is 657. The Balaban J connectivity index is 2.08. The fourth-order valence-corrected chi connectivity index (χ4v) is 2.80. The number of hydrogen-bond donors (Lipinski definition) is 1. The van der Waals surface area contributed by atoms with E-state index in [1.807, 2.05) is 0 Å². The van der Waals surface area contributed by atoms with Crippen LogP contribution < -0.4 is 5.32 Å². The van der Waals surface area contributed by atoms with E-state index in [0.29, 0.717) is 6.54 Å². The molecule has 1 heterocycles. The Kier molecular flexibility index (Phi) is 5.83. The van der Waals surface area contributed by atoms with Gasteiger partial charge in [-0.25, -0.2) is 13.6 Å². The van der Waals surface area contributed by atoms with Gasteiger partial charge in [-0.1, -0.05) is 0 Å². The van der Waals surface area contributed by atoms with Crippen molar-refractivity contribution in [3.63, 3.8) is 0 Å². The first kappa shape index (κ1) is 19.0. The first-order valence-corrected chi connectivity index (χ1v) is 8.34. The molecule has 0 aliphatic carbocycles. The van der Waals surface area contributed by atoms with Gasteiger partial charge in [0.15, 0.2) is 11.6 Å². The lowest BCUT2D eigenvalue weighted by Crippen LogP contribution is -2.49. The summed E-state index contributed by atoms with van der Waals surface area (Å²) in [7, 11) is 0. The summed E-state index contributed by atoms with van der Waals surface area (Å²) in [4.78, 5) is 14.0. The average Bonchev–Trinajstić information content (AvgIpc) is 2.52. The topological polar surface area (TPSA) is 65.4 Å². The normalized spacial score (nSPS) is 17.8. The lowest BCUT2D eigenvalue weighted by atomic mass is 10.0. The van der Waals surface area contributed by atoms with E-state index >= 15 is 0 Å². The summed E-state index contributed by atoms with van der Waals surface area (Å²) in [5, 5.41) is 11.5. The van der Waals surface area contributed by atoms with Gasteiger partial charge < -0.3 is 15.0 Å². The second-order valence-electron chi connectivity index (χ2n) is 7.13. The second-order valence-corrected chi connectivity index (χ2v) is 7.13. The Labute approximate surface area is 146 Å². The molecular formula is C18H23F2N3O2. The molecule has 1 aromatic rings. The highest BCUT2D eigenvalue weighted by molar-refractivity contribution is 5.68. The van der Waals surface area contributed by atoms with E-state index in [-0.39, 0.29) is 23.8 Å². The van der Waals surface area contributed by atoms with Crippen LogP contribution in [0.15, 0.2) is 12.1 Å². The average molecular weight is 351 g/mol. The summed E-state index contributed by atoms with van der Waals surface area (Å²) in [6, 6.07) is 3.47. The molecule has 0 aromatic heterocycles. The molecule has 1 aromatic carbocycles. The van der Waals surface area contributed by atoms with Gasteiger partial charge in [0.25, 0.3) is 0 Å². The highest BCUT2D eigenvalue weighted by Crippen LogP contribution is 2.24. The van der Waals surface area contributed by atoms with Gasteiger partial charge in [-0.2, -0.15) is 5.26 Å². The van der Waals surface area contributed by atoms with Crippen LogP contribution in [0.4, 0.5) is 19.3 Å². The van der Waals surface area contributed by atoms with Crippen molar-refractivity contribution in [2.45, 2.75) is 51.7 Å². The van der Waals surface area contributed by atoms with Gasteiger partial charge in [-0.3, -0.25) is 0 Å². The monoisotopic (exact) mass is 351 g/mol. The summed E-state index contributed by atoms with van der Waals surface area (Å²) in [6.07, 6.45) is 2.12. The van der Waals surface area contributed by atoms with Crippen LogP contribution in [-0.4, -0.2) is 35.7 Å². The maximum Gasteiger partial charge on any atom is 0.410 e. The van der Waals surface area contributed by atoms with Crippen LogP contribution in [0.5, 0.6) is 0 Å². The number of carbonyl (C=O) groups excluding carboxylic acids is 1. The van der Waals surface area contributed by atoms with Crippen LogP contribution in [0.1, 0.15) is 45.6 Å². The number of nitrogens with zero attached hydrogens (tertiary/aromatic N) is 2. The van der Waals surface area contributed by atoms with E-state index in [1.54, 1.807) is 31.7 Å². The number of nitrogens with one attached hydrogen (secondary N) is 1. The zero-order chi connectivity index (χ0) is 18.6. The van der Waals surface area contributed by atoms with E-state index in [1.165, 1.54) is 0 Å². The van der Waals surface area contributed by atoms with E-state index in [9.17, 15) is 13.6 Å². The lowest BCUT2D eigenvalue weighted by molar-refractivity contribution is 0.0114. The Hall–Kier alpha value is -2.36. The van der Waals surface area contributed by atoms with Crippen LogP contribution in [0, 0.1) is 23.0 Å². The molecule has 0 saturated carbocycles. The predicted molar refractivity (Wildman–Crippen MR) is 90.1 cm³/mol. The van der Waals surface area contributed by atoms with Crippen molar-refractivity contribution in [3.8, 4) is 6.07 Å². The first-order chi connectivity index (χ1) is 11.7. The van der Waals surface area contributed by atoms with Gasteiger partial charge in [0.2, 0.25) is 0 Å². The number of ether oxygens (including phenoxy) is 1. The number of anilines is 1. The van der Waals surface area contributed by atoms with Crippen molar-refractivity contribution in [2.24, 2.45) is 0 Å². The molecule has 5 nitrogen and oxygen atoms in total. The summed E-state index contributed by atoms with van der Waals surface area (Å²) < 4.78 is 33.4. The number of nitriles is 1. The highest BCUT2D eigenvalue weighted by atomic mass is 19.1. The van der Waals surface area contributed by atoms with Crippen molar-refractivity contribution in [1.82, 2.24) is 4.90 Å². The first-order valence-electron chi connectivity index (χ1n) is 8.34. The number of halogens is 2. The molecule has 2 rings (SSSR count). The van der Waals surface area contributed by atoms with Crippen LogP contribution >= 0.6 is 0 Å². The lowest BCUT2D eigenvalue weighted by Gasteiger charge is -2.37. The largest absolute Gasteiger partial charge is 0.444 e. The minimum absolute atomic E-state index is 0.0754. The van der Waals surface area contributed by atoms with Crippen LogP contribution in [-0.2, 0) is 4.74 Å². The van der Waals surface area contributed by atoms with Crippen LogP contribution in [0.3, 0.4) is 0 Å². The molecular weight excluding hydrogens is 328 g/mol. The number of likely N-dealkylation sites (tertiary alicyclic amines) is 1. The molecule has 1 aliphatic heterocycles. The minimum atomic E-state index is -0.823. The molecule has 136 valence electrons. The fraction of sp³-hybridized carbons (Fsp3) is 0.556. The van der Waals surface area contributed by atoms with Gasteiger partial charge in [-0.05, 0) is 52.2 Å². The van der Waals surface area contributed by atoms with E-state index in [0.717, 1.165) is 31.4 Å². The molecule has 0 bridgehead atoms. The van der Waals surface area contributed by atoms with Gasteiger partial charge in [-0.15, -0.1) is 0 Å². The molecule has 1 amide bonds. The molecule has 25 heavy (non-hydrogen) atoms. The number of benzene rings is 1. The molecule has 0 radical (unpaired) electrons. The number of hydrogen-bond acceptors (Lipinski definition) is 4. The van der Waals surface area contributed by atoms with Gasteiger partial charge in [0.1, 0.15) is 11.3 Å². The standard InChI is InChI=1S/C18H23F2N3O2/c1-18(2,3)25-17(24)23-7-5-4-6-13(23)11-22-16-14(19)8-12(10-21)9-15(16)20/h8-9,13,22H,4-7,11H2,1-3H3. The minimum Gasteiger partial charge on any atom is -0.444 e. The van der Waals surface area contributed by atoms with Gasteiger partial charge in [0, 0.05) is 13.1 Å². The number of rotatable bonds is 3. The third-order valence-corrected chi connectivity index (χ3v) is 3.94. The molecule has 1 aliphatic rings. The molecule has 1 fully saturated rings. The Morgan fingerprint density at radius 1 is 1.36 bits per heavy atom. The van der Waals surface area contributed by atoms with Crippen molar-refractivity contribution in [2.75, 3.05) is 18.4 Å². The molecule has 1 atom stereocenters. The highest BCUT2D eigenvalue weighted by Gasteiger charge is 2.30. The summed E-state index contributed by atoms with van der Waals surface area (Å²) in [6.45, 7) is 6.15. The Morgan fingerprint density at radius 3 is 2.56 bits per heavy atom. The van der Waals surface area contributed by atoms with Crippen molar-refractivity contribution in [3.05, 3.63) is 29.3 Å². The number of amides is 1. The van der Waals surface area contributed by atoms with Crippen molar-refractivity contribution in [1.29, 1.82) is 5.26 Å². The van der Waals surface area contributed by atoms with E-state index in [2.05, 4.69) is 5.32 Å². The van der Waals surface area contributed by atoms with Crippen LogP contribution in [0.2, 0.25) is 0 Å². The smallest absolute Gasteiger partial charge is 0.410 e. The molecule has 7 heteroatoms. The summed E-state index contributed by atoms with van der Waals surface area (Å²) in [5.41, 5.74) is -0.958. The Morgan fingerprint density at radius 2 is 2.00 bits per heavy atom. The van der Waals surface area contributed by atoms with Crippen LogP contribution in [0.25, 0.3) is 0 Å². The third kappa shape index (κ3) is 5.05. The predicted octanol–water partition coefficient (Wildman–Crippen LogP) is 4.04. The zero-order valence-corrected chi connectivity index (χ0v) is 14.7. The van der Waals surface area contributed by atoms with Crippen molar-refractivity contribution < 1.29 is 18.3 Å². The molecule has 0 spiro atoms. The number of carbonyl (C=O) groups is 1. The maximum absolute atomic E-state index is 14.0. The maximum atomic E-state index is 14.0. The molecule has 1 unspecified atom stereocenters. The number of piperidine rings is 1. The van der Waals surface area contributed by atoms with E-state index in [4.69, 9.17) is 10.00 Å². The van der Waals surface area contributed by atoms with Gasteiger partial charge >= 0.3 is 6.09 Å². The third-order valence-electron chi connectivity index (χ3n) is 3.94. The fourth-order valence-electron chi connectivity index (χ4n) is 2.80. The second kappa shape index (κ2) is 7.68. The van der Waals surface area contributed by atoms with E-state index < -0.39 is 23.3 Å². The SMILES string of the molecule is CC(C)(C)OC(=O)N1CCCCC1CNc1c(F)cc(C#N)cc1F. The summed E-state index contributed by atoms with van der Waals surface area (Å²) >= 11 is 0. The molecule has 1 N–H and O–H groups in total.